The number of benzene rings is 1. The lowest BCUT2D eigenvalue weighted by atomic mass is 9.94. The van der Waals surface area contributed by atoms with E-state index in [2.05, 4.69) is 4.98 Å². The summed E-state index contributed by atoms with van der Waals surface area (Å²) in [6.07, 6.45) is 1.33. The highest BCUT2D eigenvalue weighted by molar-refractivity contribution is 6.16. The maximum Gasteiger partial charge on any atom is 0.340 e. The van der Waals surface area contributed by atoms with Crippen molar-refractivity contribution < 1.29 is 14.7 Å². The van der Waals surface area contributed by atoms with E-state index in [1.54, 1.807) is 12.1 Å². The van der Waals surface area contributed by atoms with Crippen LogP contribution in [0.5, 0.6) is 0 Å². The van der Waals surface area contributed by atoms with Crippen LogP contribution in [-0.4, -0.2) is 21.8 Å². The Balaban J connectivity index is 2.63. The van der Waals surface area contributed by atoms with Crippen molar-refractivity contribution in [3.05, 3.63) is 58.3 Å². The second-order valence-electron chi connectivity index (χ2n) is 4.50. The summed E-state index contributed by atoms with van der Waals surface area (Å²) < 4.78 is 0. The molecular formula is C15H14N2O3. The van der Waals surface area contributed by atoms with E-state index in [-0.39, 0.29) is 22.7 Å². The van der Waals surface area contributed by atoms with E-state index in [0.29, 0.717) is 5.56 Å². The maximum atomic E-state index is 12.6. The first-order chi connectivity index (χ1) is 9.43. The lowest BCUT2D eigenvalue weighted by molar-refractivity contribution is 0.0693. The monoisotopic (exact) mass is 270 g/mol. The van der Waals surface area contributed by atoms with Crippen molar-refractivity contribution in [3.8, 4) is 0 Å². The molecule has 1 heterocycles. The topological polar surface area (TPSA) is 93.3 Å². The number of nitrogens with zero attached hydrogens (tertiary/aromatic N) is 1. The second-order valence-corrected chi connectivity index (χ2v) is 4.50. The minimum absolute atomic E-state index is 0.0544. The molecule has 0 aliphatic rings. The molecule has 0 spiro atoms. The molecule has 2 rings (SSSR count). The standard InChI is InChI=1S/C15H14N2O3/c1-8-4-3-5-10(9(8)2)13(18)11-6-7-17-14(16)12(11)15(19)20/h3-7H,1-2H3,(H2,16,17)(H,19,20). The third-order valence-corrected chi connectivity index (χ3v) is 3.29. The fraction of sp³-hybridized carbons (Fsp3) is 0.133. The van der Waals surface area contributed by atoms with Gasteiger partial charge < -0.3 is 10.8 Å². The van der Waals surface area contributed by atoms with Crippen LogP contribution in [0, 0.1) is 13.8 Å². The van der Waals surface area contributed by atoms with E-state index >= 15 is 0 Å². The van der Waals surface area contributed by atoms with E-state index in [1.165, 1.54) is 12.3 Å². The van der Waals surface area contributed by atoms with E-state index in [9.17, 15) is 14.7 Å². The molecular weight excluding hydrogens is 256 g/mol. The van der Waals surface area contributed by atoms with Crippen LogP contribution in [0.3, 0.4) is 0 Å². The number of carboxylic acids is 1. The van der Waals surface area contributed by atoms with Crippen LogP contribution in [0.4, 0.5) is 5.82 Å². The fourth-order valence-electron chi connectivity index (χ4n) is 2.03. The number of aromatic nitrogens is 1. The molecule has 0 fully saturated rings. The summed E-state index contributed by atoms with van der Waals surface area (Å²) in [5.74, 6) is -1.78. The van der Waals surface area contributed by atoms with Crippen molar-refractivity contribution in [2.75, 3.05) is 5.73 Å². The molecule has 0 unspecified atom stereocenters. The highest BCUT2D eigenvalue weighted by Gasteiger charge is 2.22. The molecule has 0 radical (unpaired) electrons. The zero-order chi connectivity index (χ0) is 14.9. The number of carboxylic acid groups (broad SMARTS) is 1. The minimum atomic E-state index is -1.26. The number of carbonyl (C=O) groups is 2. The quantitative estimate of drug-likeness (QED) is 0.834. The molecule has 3 N–H and O–H groups in total. The van der Waals surface area contributed by atoms with Crippen LogP contribution in [0.1, 0.15) is 37.4 Å². The number of carbonyl (C=O) groups excluding carboxylic acids is 1. The summed E-state index contributed by atoms with van der Waals surface area (Å²) in [5, 5.41) is 9.19. The highest BCUT2D eigenvalue weighted by Crippen LogP contribution is 2.21. The number of pyridine rings is 1. The number of hydrogen-bond donors (Lipinski definition) is 2. The molecule has 0 aliphatic carbocycles. The van der Waals surface area contributed by atoms with Gasteiger partial charge in [-0.25, -0.2) is 9.78 Å². The number of nitrogen functional groups attached to an aromatic ring is 1. The van der Waals surface area contributed by atoms with Crippen LogP contribution in [0.15, 0.2) is 30.5 Å². The molecule has 102 valence electrons. The Morgan fingerprint density at radius 2 is 1.85 bits per heavy atom. The van der Waals surface area contributed by atoms with E-state index < -0.39 is 5.97 Å². The third kappa shape index (κ3) is 2.25. The largest absolute Gasteiger partial charge is 0.478 e. The Morgan fingerprint density at radius 3 is 2.50 bits per heavy atom. The lowest BCUT2D eigenvalue weighted by Gasteiger charge is -2.10. The number of hydrogen-bond acceptors (Lipinski definition) is 4. The summed E-state index contributed by atoms with van der Waals surface area (Å²) >= 11 is 0. The summed E-state index contributed by atoms with van der Waals surface area (Å²) in [4.78, 5) is 27.5. The Labute approximate surface area is 116 Å². The Morgan fingerprint density at radius 1 is 1.15 bits per heavy atom. The minimum Gasteiger partial charge on any atom is -0.478 e. The van der Waals surface area contributed by atoms with Gasteiger partial charge in [0.25, 0.3) is 0 Å². The molecule has 20 heavy (non-hydrogen) atoms. The molecule has 1 aromatic carbocycles. The van der Waals surface area contributed by atoms with Crippen LogP contribution in [0.2, 0.25) is 0 Å². The lowest BCUT2D eigenvalue weighted by Crippen LogP contribution is -2.14. The molecule has 0 saturated heterocycles. The van der Waals surface area contributed by atoms with Gasteiger partial charge in [-0.3, -0.25) is 4.79 Å². The third-order valence-electron chi connectivity index (χ3n) is 3.29. The second kappa shape index (κ2) is 5.13. The number of anilines is 1. The predicted octanol–water partition coefficient (Wildman–Crippen LogP) is 2.21. The van der Waals surface area contributed by atoms with Gasteiger partial charge >= 0.3 is 5.97 Å². The molecule has 5 heteroatoms. The van der Waals surface area contributed by atoms with Crippen molar-refractivity contribution in [2.45, 2.75) is 13.8 Å². The van der Waals surface area contributed by atoms with Crippen molar-refractivity contribution in [3.63, 3.8) is 0 Å². The number of nitrogens with two attached hydrogens (primary N) is 1. The summed E-state index contributed by atoms with van der Waals surface area (Å²) in [7, 11) is 0. The molecule has 0 atom stereocenters. The van der Waals surface area contributed by atoms with Gasteiger partial charge in [0.15, 0.2) is 5.78 Å². The number of ketones is 1. The van der Waals surface area contributed by atoms with Crippen molar-refractivity contribution in [1.82, 2.24) is 4.98 Å². The average molecular weight is 270 g/mol. The number of aromatic carboxylic acids is 1. The van der Waals surface area contributed by atoms with Crippen LogP contribution >= 0.6 is 0 Å². The van der Waals surface area contributed by atoms with Crippen molar-refractivity contribution in [1.29, 1.82) is 0 Å². The first-order valence-corrected chi connectivity index (χ1v) is 6.02. The van der Waals surface area contributed by atoms with Crippen LogP contribution in [-0.2, 0) is 0 Å². The Kier molecular flexibility index (Phi) is 3.52. The summed E-state index contributed by atoms with van der Waals surface area (Å²) in [6, 6.07) is 6.71. The Hall–Kier alpha value is -2.69. The number of aryl methyl sites for hydroxylation is 1. The van der Waals surface area contributed by atoms with Gasteiger partial charge in [0.2, 0.25) is 0 Å². The van der Waals surface area contributed by atoms with Crippen LogP contribution < -0.4 is 5.73 Å². The SMILES string of the molecule is Cc1cccc(C(=O)c2ccnc(N)c2C(=O)O)c1C. The van der Waals surface area contributed by atoms with Gasteiger partial charge in [0.05, 0.1) is 0 Å². The fourth-order valence-corrected chi connectivity index (χ4v) is 2.03. The van der Waals surface area contributed by atoms with Gasteiger partial charge in [-0.2, -0.15) is 0 Å². The molecule has 0 saturated carbocycles. The highest BCUT2D eigenvalue weighted by atomic mass is 16.4. The van der Waals surface area contributed by atoms with Gasteiger partial charge in [-0.15, -0.1) is 0 Å². The van der Waals surface area contributed by atoms with Gasteiger partial charge in [-0.05, 0) is 31.0 Å². The zero-order valence-electron chi connectivity index (χ0n) is 11.2. The van der Waals surface area contributed by atoms with Crippen molar-refractivity contribution >= 4 is 17.6 Å². The predicted molar refractivity (Wildman–Crippen MR) is 75.0 cm³/mol. The molecule has 2 aromatic rings. The average Bonchev–Trinajstić information content (AvgIpc) is 2.40. The Bertz CT molecular complexity index is 708. The first kappa shape index (κ1) is 13.7. The van der Waals surface area contributed by atoms with Crippen molar-refractivity contribution in [2.24, 2.45) is 0 Å². The maximum absolute atomic E-state index is 12.6. The zero-order valence-corrected chi connectivity index (χ0v) is 11.2. The van der Waals surface area contributed by atoms with Gasteiger partial charge in [0.1, 0.15) is 11.4 Å². The van der Waals surface area contributed by atoms with Crippen LogP contribution in [0.25, 0.3) is 0 Å². The molecule has 0 amide bonds. The van der Waals surface area contributed by atoms with E-state index in [0.717, 1.165) is 11.1 Å². The smallest absolute Gasteiger partial charge is 0.340 e. The normalized spacial score (nSPS) is 10.3. The number of rotatable bonds is 3. The van der Waals surface area contributed by atoms with E-state index in [1.807, 2.05) is 19.9 Å². The van der Waals surface area contributed by atoms with Gasteiger partial charge in [-0.1, -0.05) is 18.2 Å². The molecule has 0 aliphatic heterocycles. The van der Waals surface area contributed by atoms with E-state index in [4.69, 9.17) is 5.73 Å². The summed E-state index contributed by atoms with van der Waals surface area (Å²) in [5.41, 5.74) is 7.63. The molecule has 0 bridgehead atoms. The first-order valence-electron chi connectivity index (χ1n) is 6.02. The van der Waals surface area contributed by atoms with Gasteiger partial charge in [0, 0.05) is 17.3 Å². The summed E-state index contributed by atoms with van der Waals surface area (Å²) in [6.45, 7) is 3.72. The molecule has 1 aromatic heterocycles. The molecule has 5 nitrogen and oxygen atoms in total.